The second-order valence-corrected chi connectivity index (χ2v) is 8.54. The Hall–Kier alpha value is -3.05. The Morgan fingerprint density at radius 2 is 1.85 bits per heavy atom. The number of aliphatic hydroxyl groups excluding tert-OH is 3. The SMILES string of the molecule is C=C[C@H]1CN2CC[C@H]1C[C@H]2[C@H](O)c1ccnc2ccc(OC)cc12.O=C(O)C(O)C(O)C(=O)O. The summed E-state index contributed by atoms with van der Waals surface area (Å²) in [6.07, 6.45) is 1.09. The number of benzene rings is 1. The number of carboxylic acids is 2. The van der Waals surface area contributed by atoms with Gasteiger partial charge in [0.25, 0.3) is 0 Å². The Labute approximate surface area is 196 Å². The van der Waals surface area contributed by atoms with Gasteiger partial charge in [0, 0.05) is 24.2 Å². The van der Waals surface area contributed by atoms with Gasteiger partial charge in [-0.05, 0) is 61.1 Å². The molecule has 0 spiro atoms. The lowest BCUT2D eigenvalue weighted by Gasteiger charge is -2.50. The Morgan fingerprint density at radius 3 is 2.38 bits per heavy atom. The number of carbonyl (C=O) groups is 2. The minimum absolute atomic E-state index is 0.178. The highest BCUT2D eigenvalue weighted by molar-refractivity contribution is 5.84. The van der Waals surface area contributed by atoms with Crippen molar-refractivity contribution in [2.75, 3.05) is 20.2 Å². The zero-order valence-electron chi connectivity index (χ0n) is 18.8. The minimum atomic E-state index is -2.27. The lowest BCUT2D eigenvalue weighted by Crippen LogP contribution is -2.54. The average Bonchev–Trinajstić information content (AvgIpc) is 2.86. The smallest absolute Gasteiger partial charge is 0.335 e. The summed E-state index contributed by atoms with van der Waals surface area (Å²) in [5.74, 6) is -1.53. The molecule has 2 bridgehead atoms. The van der Waals surface area contributed by atoms with Gasteiger partial charge < -0.3 is 30.3 Å². The number of aliphatic hydroxyl groups is 3. The van der Waals surface area contributed by atoms with E-state index >= 15 is 0 Å². The molecule has 7 atom stereocenters. The number of hydrogen-bond donors (Lipinski definition) is 5. The van der Waals surface area contributed by atoms with Crippen LogP contribution in [0.25, 0.3) is 10.9 Å². The Morgan fingerprint density at radius 1 is 1.18 bits per heavy atom. The minimum Gasteiger partial charge on any atom is -0.497 e. The summed E-state index contributed by atoms with van der Waals surface area (Å²) in [5.41, 5.74) is 1.85. The highest BCUT2D eigenvalue weighted by atomic mass is 16.5. The molecule has 0 radical (unpaired) electrons. The van der Waals surface area contributed by atoms with E-state index < -0.39 is 30.3 Å². The summed E-state index contributed by atoms with van der Waals surface area (Å²) >= 11 is 0. The van der Waals surface area contributed by atoms with Crippen molar-refractivity contribution in [1.29, 1.82) is 0 Å². The third kappa shape index (κ3) is 5.36. The molecular formula is C24H30N2O8. The summed E-state index contributed by atoms with van der Waals surface area (Å²) < 4.78 is 5.35. The molecule has 10 nitrogen and oxygen atoms in total. The predicted octanol–water partition coefficient (Wildman–Crippen LogP) is 1.05. The average molecular weight is 475 g/mol. The summed E-state index contributed by atoms with van der Waals surface area (Å²) in [4.78, 5) is 26.4. The van der Waals surface area contributed by atoms with Gasteiger partial charge in [-0.15, -0.1) is 6.58 Å². The van der Waals surface area contributed by atoms with E-state index in [2.05, 4.69) is 22.5 Å². The van der Waals surface area contributed by atoms with Crippen molar-refractivity contribution in [2.45, 2.75) is 37.2 Å². The van der Waals surface area contributed by atoms with Crippen LogP contribution >= 0.6 is 0 Å². The molecule has 4 heterocycles. The topological polar surface area (TPSA) is 161 Å². The first kappa shape index (κ1) is 25.6. The number of methoxy groups -OCH3 is 1. The zero-order chi connectivity index (χ0) is 25.0. The number of pyridine rings is 1. The first-order chi connectivity index (χ1) is 16.2. The first-order valence-corrected chi connectivity index (χ1v) is 11.0. The fourth-order valence-corrected chi connectivity index (χ4v) is 4.71. The number of fused-ring (bicyclic) bond motifs is 4. The second kappa shape index (κ2) is 10.9. The van der Waals surface area contributed by atoms with Crippen molar-refractivity contribution in [1.82, 2.24) is 9.88 Å². The molecule has 1 aromatic carbocycles. The molecule has 34 heavy (non-hydrogen) atoms. The van der Waals surface area contributed by atoms with Crippen LogP contribution in [0.15, 0.2) is 43.1 Å². The van der Waals surface area contributed by atoms with Gasteiger partial charge in [0.15, 0.2) is 12.2 Å². The molecule has 0 aliphatic carbocycles. The van der Waals surface area contributed by atoms with Crippen LogP contribution in [0.5, 0.6) is 5.75 Å². The van der Waals surface area contributed by atoms with E-state index in [-0.39, 0.29) is 6.04 Å². The number of ether oxygens (including phenoxy) is 1. The Kier molecular flexibility index (Phi) is 8.21. The van der Waals surface area contributed by atoms with Crippen LogP contribution in [0.2, 0.25) is 0 Å². The van der Waals surface area contributed by atoms with Gasteiger partial charge in [0.05, 0.1) is 18.7 Å². The van der Waals surface area contributed by atoms with E-state index in [1.165, 1.54) is 6.42 Å². The van der Waals surface area contributed by atoms with Crippen molar-refractivity contribution in [3.63, 3.8) is 0 Å². The van der Waals surface area contributed by atoms with Gasteiger partial charge in [0.1, 0.15) is 5.75 Å². The third-order valence-corrected chi connectivity index (χ3v) is 6.62. The Balaban J connectivity index is 0.000000277. The quantitative estimate of drug-likeness (QED) is 0.367. The maximum absolute atomic E-state index is 11.2. The predicted molar refractivity (Wildman–Crippen MR) is 122 cm³/mol. The van der Waals surface area contributed by atoms with Crippen molar-refractivity contribution in [3.8, 4) is 5.75 Å². The number of nitrogens with zero attached hydrogens (tertiary/aromatic N) is 2. The Bertz CT molecular complexity index is 1030. The van der Waals surface area contributed by atoms with Crippen LogP contribution in [-0.2, 0) is 9.59 Å². The molecule has 3 saturated heterocycles. The summed E-state index contributed by atoms with van der Waals surface area (Å²) in [7, 11) is 1.66. The zero-order valence-corrected chi connectivity index (χ0v) is 18.8. The van der Waals surface area contributed by atoms with E-state index in [1.54, 1.807) is 13.3 Å². The van der Waals surface area contributed by atoms with Crippen molar-refractivity contribution in [2.24, 2.45) is 11.8 Å². The highest BCUT2D eigenvalue weighted by Gasteiger charge is 2.42. The van der Waals surface area contributed by atoms with Crippen molar-refractivity contribution >= 4 is 22.8 Å². The molecule has 0 amide bonds. The monoisotopic (exact) mass is 474 g/mol. The van der Waals surface area contributed by atoms with Gasteiger partial charge in [-0.2, -0.15) is 0 Å². The first-order valence-electron chi connectivity index (χ1n) is 11.0. The van der Waals surface area contributed by atoms with Crippen LogP contribution in [0.3, 0.4) is 0 Å². The molecule has 1 aromatic heterocycles. The lowest BCUT2D eigenvalue weighted by atomic mass is 9.73. The number of rotatable bonds is 7. The molecule has 3 aliphatic rings. The molecule has 3 unspecified atom stereocenters. The molecule has 10 heteroatoms. The van der Waals surface area contributed by atoms with Gasteiger partial charge >= 0.3 is 11.9 Å². The van der Waals surface area contributed by atoms with Gasteiger partial charge in [0.2, 0.25) is 0 Å². The highest BCUT2D eigenvalue weighted by Crippen LogP contribution is 2.42. The fourth-order valence-electron chi connectivity index (χ4n) is 4.71. The number of aliphatic carboxylic acids is 2. The maximum Gasteiger partial charge on any atom is 0.335 e. The summed E-state index contributed by atoms with van der Waals surface area (Å²) in [6, 6.07) is 7.96. The molecule has 2 aromatic rings. The standard InChI is InChI=1S/C20H24N2O2.C4H6O6/c1-3-13-12-22-9-7-14(13)10-19(22)20(23)16-6-8-21-18-5-4-15(24-2)11-17(16)18;5-1(3(7)8)2(6)4(9)10/h3-6,8,11,13-14,19-20,23H,1,7,9-10,12H2,2H3;1-2,5-6H,(H,7,8)(H,9,10)/t13-,14-,19-,20+;/m0./s1. The number of hydrogen-bond acceptors (Lipinski definition) is 8. The fraction of sp³-hybridized carbons (Fsp3) is 0.458. The van der Waals surface area contributed by atoms with Crippen molar-refractivity contribution < 1.29 is 39.9 Å². The van der Waals surface area contributed by atoms with Crippen molar-refractivity contribution in [3.05, 3.63) is 48.7 Å². The number of carboxylic acid groups (broad SMARTS) is 2. The van der Waals surface area contributed by atoms with Crippen LogP contribution in [0.1, 0.15) is 24.5 Å². The summed E-state index contributed by atoms with van der Waals surface area (Å²) in [5, 5.41) is 44.7. The van der Waals surface area contributed by atoms with E-state index in [1.807, 2.05) is 24.3 Å². The lowest BCUT2D eigenvalue weighted by molar-refractivity contribution is -0.165. The van der Waals surface area contributed by atoms with E-state index in [0.717, 1.165) is 41.7 Å². The second-order valence-electron chi connectivity index (χ2n) is 8.54. The van der Waals surface area contributed by atoms with Gasteiger partial charge in [-0.25, -0.2) is 9.59 Å². The number of piperidine rings is 3. The molecule has 3 aliphatic heterocycles. The summed E-state index contributed by atoms with van der Waals surface area (Å²) in [6.45, 7) is 6.07. The van der Waals surface area contributed by atoms with Gasteiger partial charge in [-0.1, -0.05) is 6.08 Å². The van der Waals surface area contributed by atoms with Crippen LogP contribution in [-0.4, -0.2) is 85.8 Å². The van der Waals surface area contributed by atoms with Gasteiger partial charge in [-0.3, -0.25) is 9.88 Å². The van der Waals surface area contributed by atoms with Crippen LogP contribution in [0, 0.1) is 11.8 Å². The molecule has 5 rings (SSSR count). The normalized spacial score (nSPS) is 26.0. The van der Waals surface area contributed by atoms with E-state index in [9.17, 15) is 14.7 Å². The third-order valence-electron chi connectivity index (χ3n) is 6.62. The van der Waals surface area contributed by atoms with E-state index in [4.69, 9.17) is 25.2 Å². The maximum atomic E-state index is 11.2. The molecule has 184 valence electrons. The van der Waals surface area contributed by atoms with E-state index in [0.29, 0.717) is 11.8 Å². The largest absolute Gasteiger partial charge is 0.497 e. The van der Waals surface area contributed by atoms with Crippen LogP contribution in [0.4, 0.5) is 0 Å². The molecule has 5 N–H and O–H groups in total. The molecular weight excluding hydrogens is 444 g/mol. The molecule has 3 fully saturated rings. The van der Waals surface area contributed by atoms with Crippen LogP contribution < -0.4 is 4.74 Å². The number of aromatic nitrogens is 1. The molecule has 0 saturated carbocycles.